The minimum absolute atomic E-state index is 0.0243. The first-order valence-corrected chi connectivity index (χ1v) is 6.55. The maximum Gasteiger partial charge on any atom is 0.150 e. The molecule has 3 nitrogen and oxygen atoms in total. The number of phenols is 1. The Kier molecular flexibility index (Phi) is 4.44. The lowest BCUT2D eigenvalue weighted by atomic mass is 10.2. The van der Waals surface area contributed by atoms with E-state index in [4.69, 9.17) is 4.74 Å². The van der Waals surface area contributed by atoms with E-state index in [1.165, 1.54) is 13.2 Å². The normalized spacial score (nSPS) is 10.4. The van der Waals surface area contributed by atoms with Crippen LogP contribution in [0, 0.1) is 11.6 Å². The van der Waals surface area contributed by atoms with Crippen molar-refractivity contribution in [1.29, 1.82) is 0 Å². The van der Waals surface area contributed by atoms with Gasteiger partial charge in [-0.05, 0) is 30.3 Å². The van der Waals surface area contributed by atoms with Gasteiger partial charge in [0.2, 0.25) is 0 Å². The van der Waals surface area contributed by atoms with Crippen LogP contribution in [0.5, 0.6) is 11.5 Å². The summed E-state index contributed by atoms with van der Waals surface area (Å²) in [5.41, 5.74) is 0.237. The highest BCUT2D eigenvalue weighted by Crippen LogP contribution is 2.27. The Morgan fingerprint density at radius 3 is 2.45 bits per heavy atom. The van der Waals surface area contributed by atoms with Crippen LogP contribution in [0.3, 0.4) is 0 Å². The number of hydrogen-bond acceptors (Lipinski definition) is 3. The van der Waals surface area contributed by atoms with Crippen LogP contribution in [0.2, 0.25) is 0 Å². The fraction of sp³-hybridized carbons (Fsp3) is 0.143. The Hall–Kier alpha value is -1.82. The molecule has 2 rings (SSSR count). The minimum Gasteiger partial charge on any atom is -0.508 e. The average molecular weight is 344 g/mol. The van der Waals surface area contributed by atoms with Gasteiger partial charge in [0.25, 0.3) is 0 Å². The van der Waals surface area contributed by atoms with Gasteiger partial charge in [0.1, 0.15) is 28.8 Å². The van der Waals surface area contributed by atoms with Crippen LogP contribution in [0.4, 0.5) is 14.5 Å². The van der Waals surface area contributed by atoms with Gasteiger partial charge in [0.05, 0.1) is 7.11 Å². The highest BCUT2D eigenvalue weighted by molar-refractivity contribution is 9.10. The second-order valence-electron chi connectivity index (χ2n) is 4.09. The summed E-state index contributed by atoms with van der Waals surface area (Å²) in [6, 6.07) is 6.98. The van der Waals surface area contributed by atoms with Crippen molar-refractivity contribution in [2.75, 3.05) is 12.4 Å². The molecule has 0 saturated heterocycles. The Morgan fingerprint density at radius 2 is 1.85 bits per heavy atom. The number of halogens is 3. The molecule has 0 bridgehead atoms. The van der Waals surface area contributed by atoms with Gasteiger partial charge in [-0.2, -0.15) is 0 Å². The van der Waals surface area contributed by atoms with E-state index in [1.807, 2.05) is 0 Å². The standard InChI is InChI=1S/C14H12BrF2NO2/c1-20-10-2-3-13(19)8(4-10)7-18-14-11(16)5-9(15)6-12(14)17/h2-6,18-19H,7H2,1H3. The van der Waals surface area contributed by atoms with E-state index in [-0.39, 0.29) is 18.0 Å². The molecule has 0 aliphatic rings. The fourth-order valence-electron chi connectivity index (χ4n) is 1.73. The van der Waals surface area contributed by atoms with Gasteiger partial charge < -0.3 is 15.2 Å². The summed E-state index contributed by atoms with van der Waals surface area (Å²) >= 11 is 3.01. The molecular formula is C14H12BrF2NO2. The number of aromatic hydroxyl groups is 1. The van der Waals surface area contributed by atoms with Crippen LogP contribution in [0.15, 0.2) is 34.8 Å². The van der Waals surface area contributed by atoms with Crippen molar-refractivity contribution in [2.45, 2.75) is 6.54 Å². The van der Waals surface area contributed by atoms with Crippen molar-refractivity contribution in [2.24, 2.45) is 0 Å². The molecule has 6 heteroatoms. The lowest BCUT2D eigenvalue weighted by molar-refractivity contribution is 0.411. The fourth-order valence-corrected chi connectivity index (χ4v) is 2.13. The van der Waals surface area contributed by atoms with Gasteiger partial charge in [0, 0.05) is 16.6 Å². The third-order valence-corrected chi connectivity index (χ3v) is 3.21. The minimum atomic E-state index is -0.709. The first-order chi connectivity index (χ1) is 9.51. The van der Waals surface area contributed by atoms with E-state index >= 15 is 0 Å². The molecule has 0 aliphatic heterocycles. The number of anilines is 1. The van der Waals surface area contributed by atoms with E-state index in [2.05, 4.69) is 21.2 Å². The van der Waals surface area contributed by atoms with Crippen molar-refractivity contribution >= 4 is 21.6 Å². The molecule has 0 spiro atoms. The molecule has 20 heavy (non-hydrogen) atoms. The number of nitrogens with one attached hydrogen (secondary N) is 1. The predicted molar refractivity (Wildman–Crippen MR) is 76.0 cm³/mol. The maximum absolute atomic E-state index is 13.6. The average Bonchev–Trinajstić information content (AvgIpc) is 2.39. The zero-order valence-corrected chi connectivity index (χ0v) is 12.2. The Balaban J connectivity index is 2.21. The Labute approximate surface area is 123 Å². The van der Waals surface area contributed by atoms with E-state index in [9.17, 15) is 13.9 Å². The maximum atomic E-state index is 13.6. The lowest BCUT2D eigenvalue weighted by Crippen LogP contribution is -2.04. The summed E-state index contributed by atoms with van der Waals surface area (Å²) in [4.78, 5) is 0. The van der Waals surface area contributed by atoms with Crippen molar-refractivity contribution in [3.63, 3.8) is 0 Å². The smallest absolute Gasteiger partial charge is 0.150 e. The van der Waals surface area contributed by atoms with Gasteiger partial charge in [-0.15, -0.1) is 0 Å². The monoisotopic (exact) mass is 343 g/mol. The summed E-state index contributed by atoms with van der Waals surface area (Å²) in [5.74, 6) is -0.842. The zero-order chi connectivity index (χ0) is 14.7. The summed E-state index contributed by atoms with van der Waals surface area (Å²) < 4.78 is 32.6. The van der Waals surface area contributed by atoms with Crippen LogP contribution in [-0.2, 0) is 6.54 Å². The molecule has 106 valence electrons. The molecule has 0 unspecified atom stereocenters. The van der Waals surface area contributed by atoms with Crippen LogP contribution in [0.25, 0.3) is 0 Å². The molecule has 2 aromatic rings. The molecule has 2 N–H and O–H groups in total. The van der Waals surface area contributed by atoms with E-state index < -0.39 is 11.6 Å². The van der Waals surface area contributed by atoms with Crippen molar-refractivity contribution in [3.05, 3.63) is 52.0 Å². The van der Waals surface area contributed by atoms with Gasteiger partial charge in [0.15, 0.2) is 0 Å². The molecule has 0 radical (unpaired) electrons. The first kappa shape index (κ1) is 14.6. The highest BCUT2D eigenvalue weighted by Gasteiger charge is 2.11. The first-order valence-electron chi connectivity index (χ1n) is 5.75. The van der Waals surface area contributed by atoms with Crippen LogP contribution in [0.1, 0.15) is 5.56 Å². The second kappa shape index (κ2) is 6.09. The van der Waals surface area contributed by atoms with Crippen LogP contribution < -0.4 is 10.1 Å². The summed E-state index contributed by atoms with van der Waals surface area (Å²) in [6.45, 7) is 0.0680. The number of methoxy groups -OCH3 is 1. The van der Waals surface area contributed by atoms with Crippen molar-refractivity contribution in [1.82, 2.24) is 0 Å². The predicted octanol–water partition coefficient (Wildman–Crippen LogP) is 4.05. The van der Waals surface area contributed by atoms with E-state index in [1.54, 1.807) is 12.1 Å². The summed E-state index contributed by atoms with van der Waals surface area (Å²) in [5, 5.41) is 12.3. The van der Waals surface area contributed by atoms with Crippen LogP contribution in [-0.4, -0.2) is 12.2 Å². The number of benzene rings is 2. The Bertz CT molecular complexity index is 612. The lowest BCUT2D eigenvalue weighted by Gasteiger charge is -2.11. The molecule has 2 aromatic carbocycles. The van der Waals surface area contributed by atoms with Crippen molar-refractivity contribution < 1.29 is 18.6 Å². The highest BCUT2D eigenvalue weighted by atomic mass is 79.9. The van der Waals surface area contributed by atoms with Gasteiger partial charge in [-0.1, -0.05) is 15.9 Å². The molecular weight excluding hydrogens is 332 g/mol. The van der Waals surface area contributed by atoms with E-state index in [0.29, 0.717) is 15.8 Å². The molecule has 0 aliphatic carbocycles. The third kappa shape index (κ3) is 3.19. The number of ether oxygens (including phenoxy) is 1. The largest absolute Gasteiger partial charge is 0.508 e. The van der Waals surface area contributed by atoms with Gasteiger partial charge in [-0.3, -0.25) is 0 Å². The second-order valence-corrected chi connectivity index (χ2v) is 5.01. The quantitative estimate of drug-likeness (QED) is 0.879. The molecule has 0 heterocycles. The number of phenolic OH excluding ortho intramolecular Hbond substituents is 1. The Morgan fingerprint density at radius 1 is 1.20 bits per heavy atom. The summed E-state index contributed by atoms with van der Waals surface area (Å²) in [6.07, 6.45) is 0. The molecule has 0 amide bonds. The molecule has 0 fully saturated rings. The third-order valence-electron chi connectivity index (χ3n) is 2.75. The number of rotatable bonds is 4. The zero-order valence-electron chi connectivity index (χ0n) is 10.6. The molecule has 0 atom stereocenters. The molecule has 0 saturated carbocycles. The van der Waals surface area contributed by atoms with Crippen molar-refractivity contribution in [3.8, 4) is 11.5 Å². The number of hydrogen-bond donors (Lipinski definition) is 2. The van der Waals surface area contributed by atoms with Gasteiger partial charge in [-0.25, -0.2) is 8.78 Å². The van der Waals surface area contributed by atoms with Crippen LogP contribution >= 0.6 is 15.9 Å². The SMILES string of the molecule is COc1ccc(O)c(CNc2c(F)cc(Br)cc2F)c1. The van der Waals surface area contributed by atoms with E-state index in [0.717, 1.165) is 12.1 Å². The molecule has 0 aromatic heterocycles. The topological polar surface area (TPSA) is 41.5 Å². The summed E-state index contributed by atoms with van der Waals surface area (Å²) in [7, 11) is 1.50. The van der Waals surface area contributed by atoms with Gasteiger partial charge >= 0.3 is 0 Å².